The molecule has 0 aliphatic carbocycles. The molecule has 0 aromatic heterocycles. The first-order valence-electron chi connectivity index (χ1n) is 10.4. The van der Waals surface area contributed by atoms with Gasteiger partial charge in [-0.1, -0.05) is 18.2 Å². The first-order chi connectivity index (χ1) is 15.4. The molecule has 3 rings (SSSR count). The van der Waals surface area contributed by atoms with E-state index in [0.29, 0.717) is 11.5 Å². The number of amides is 2. The molecule has 0 saturated carbocycles. The summed E-state index contributed by atoms with van der Waals surface area (Å²) in [6, 6.07) is 6.95. The summed E-state index contributed by atoms with van der Waals surface area (Å²) in [6.45, 7) is 5.84. The van der Waals surface area contributed by atoms with Gasteiger partial charge in [0.1, 0.15) is 17.2 Å². The number of hydrogen-bond acceptors (Lipinski definition) is 8. The highest BCUT2D eigenvalue weighted by molar-refractivity contribution is 8.00. The number of esters is 2. The number of thioether (sulfide) groups is 1. The molecule has 2 amide bonds. The standard InChI is InChI=1S/C22H27ClN2O7S/c1-21(2,3)20(29)32-12-31-19(28)16-22(4,23)11-33-18-15(17(27)25(16)18)24-14(26)10-30-13-8-6-5-7-9-13/h5-9,15-16,18H,10-12H2,1-4H3,(H,24,26)/t15-,16+,18+,22-/m1/s1. The Hall–Kier alpha value is -2.46. The van der Waals surface area contributed by atoms with Crippen LogP contribution >= 0.6 is 23.4 Å². The minimum absolute atomic E-state index is 0.247. The maximum absolute atomic E-state index is 12.8. The molecule has 2 aliphatic rings. The molecule has 0 spiro atoms. The third kappa shape index (κ3) is 5.73. The molecule has 0 radical (unpaired) electrons. The number of β-lactam (4-membered cyclic amide) rings is 1. The highest BCUT2D eigenvalue weighted by Crippen LogP contribution is 2.45. The fourth-order valence-electron chi connectivity index (χ4n) is 3.36. The van der Waals surface area contributed by atoms with Gasteiger partial charge in [-0.15, -0.1) is 23.4 Å². The van der Waals surface area contributed by atoms with Crippen LogP contribution in [0.15, 0.2) is 30.3 Å². The van der Waals surface area contributed by atoms with Crippen molar-refractivity contribution in [3.05, 3.63) is 30.3 Å². The van der Waals surface area contributed by atoms with Crippen LogP contribution in [-0.4, -0.2) is 70.1 Å². The van der Waals surface area contributed by atoms with Crippen molar-refractivity contribution in [2.45, 2.75) is 50.0 Å². The van der Waals surface area contributed by atoms with Gasteiger partial charge in [-0.2, -0.15) is 0 Å². The molecule has 180 valence electrons. The Kier molecular flexibility index (Phi) is 7.48. The van der Waals surface area contributed by atoms with E-state index in [-0.39, 0.29) is 6.61 Å². The fourth-order valence-corrected chi connectivity index (χ4v) is 5.16. The van der Waals surface area contributed by atoms with Crippen molar-refractivity contribution >= 4 is 47.1 Å². The van der Waals surface area contributed by atoms with Crippen LogP contribution in [0.1, 0.15) is 27.7 Å². The average Bonchev–Trinajstić information content (AvgIpc) is 2.75. The lowest BCUT2D eigenvalue weighted by Gasteiger charge is -2.56. The number of hydrogen-bond donors (Lipinski definition) is 1. The molecule has 1 aromatic carbocycles. The van der Waals surface area contributed by atoms with Crippen LogP contribution in [0.3, 0.4) is 0 Å². The molecule has 9 nitrogen and oxygen atoms in total. The largest absolute Gasteiger partial charge is 0.484 e. The molecule has 0 unspecified atom stereocenters. The van der Waals surface area contributed by atoms with E-state index < -0.39 is 58.3 Å². The number of para-hydroxylation sites is 1. The van der Waals surface area contributed by atoms with Crippen LogP contribution in [0.4, 0.5) is 0 Å². The number of fused-ring (bicyclic) bond motifs is 1. The van der Waals surface area contributed by atoms with Crippen LogP contribution in [0, 0.1) is 5.41 Å². The average molecular weight is 499 g/mol. The summed E-state index contributed by atoms with van der Waals surface area (Å²) in [5, 5.41) is 2.18. The Morgan fingerprint density at radius 3 is 2.52 bits per heavy atom. The lowest BCUT2D eigenvalue weighted by molar-refractivity contribution is -0.181. The number of benzene rings is 1. The molecule has 2 heterocycles. The van der Waals surface area contributed by atoms with Crippen LogP contribution < -0.4 is 10.1 Å². The third-order valence-electron chi connectivity index (χ3n) is 5.12. The Labute approximate surface area is 201 Å². The number of carbonyl (C=O) groups excluding carboxylic acids is 4. The summed E-state index contributed by atoms with van der Waals surface area (Å²) >= 11 is 7.91. The highest BCUT2D eigenvalue weighted by Gasteiger charge is 2.61. The molecule has 2 aliphatic heterocycles. The van der Waals surface area contributed by atoms with Crippen molar-refractivity contribution in [2.24, 2.45) is 5.41 Å². The van der Waals surface area contributed by atoms with Gasteiger partial charge in [0, 0.05) is 5.75 Å². The minimum atomic E-state index is -1.09. The molecule has 11 heteroatoms. The molecule has 33 heavy (non-hydrogen) atoms. The molecular weight excluding hydrogens is 472 g/mol. The lowest BCUT2D eigenvalue weighted by atomic mass is 9.94. The Morgan fingerprint density at radius 2 is 1.88 bits per heavy atom. The first kappa shape index (κ1) is 25.2. The molecule has 1 N–H and O–H groups in total. The van der Waals surface area contributed by atoms with E-state index in [9.17, 15) is 19.2 Å². The van der Waals surface area contributed by atoms with Gasteiger partial charge in [0.15, 0.2) is 12.6 Å². The number of nitrogens with one attached hydrogen (secondary N) is 1. The van der Waals surface area contributed by atoms with E-state index >= 15 is 0 Å². The third-order valence-corrected chi connectivity index (χ3v) is 7.23. The molecule has 2 saturated heterocycles. The van der Waals surface area contributed by atoms with Gasteiger partial charge in [0.05, 0.1) is 10.3 Å². The van der Waals surface area contributed by atoms with E-state index in [2.05, 4.69) is 5.32 Å². The van der Waals surface area contributed by atoms with Gasteiger partial charge in [-0.3, -0.25) is 14.4 Å². The number of rotatable bonds is 7. The summed E-state index contributed by atoms with van der Waals surface area (Å²) < 4.78 is 15.5. The summed E-state index contributed by atoms with van der Waals surface area (Å²) in [5.41, 5.74) is -0.747. The van der Waals surface area contributed by atoms with Crippen molar-refractivity contribution in [1.29, 1.82) is 0 Å². The maximum Gasteiger partial charge on any atom is 0.333 e. The zero-order chi connectivity index (χ0) is 24.4. The molecule has 1 aromatic rings. The number of nitrogens with zero attached hydrogens (tertiary/aromatic N) is 1. The number of ether oxygens (including phenoxy) is 3. The van der Waals surface area contributed by atoms with Crippen molar-refractivity contribution < 1.29 is 33.4 Å². The van der Waals surface area contributed by atoms with Gasteiger partial charge in [-0.05, 0) is 39.8 Å². The second-order valence-electron chi connectivity index (χ2n) is 9.04. The lowest BCUT2D eigenvalue weighted by Crippen LogP contribution is -2.78. The Balaban J connectivity index is 1.57. The smallest absolute Gasteiger partial charge is 0.333 e. The van der Waals surface area contributed by atoms with Crippen molar-refractivity contribution in [3.8, 4) is 5.75 Å². The zero-order valence-electron chi connectivity index (χ0n) is 18.8. The van der Waals surface area contributed by atoms with Crippen molar-refractivity contribution in [1.82, 2.24) is 10.2 Å². The maximum atomic E-state index is 12.8. The summed E-state index contributed by atoms with van der Waals surface area (Å²) in [5.74, 6) is -1.32. The van der Waals surface area contributed by atoms with Gasteiger partial charge in [-0.25, -0.2) is 4.79 Å². The second-order valence-corrected chi connectivity index (χ2v) is 11.0. The van der Waals surface area contributed by atoms with E-state index in [0.717, 1.165) is 0 Å². The second kappa shape index (κ2) is 9.80. The fraction of sp³-hybridized carbons (Fsp3) is 0.545. The summed E-state index contributed by atoms with van der Waals surface area (Å²) in [4.78, 5) is 50.0. The van der Waals surface area contributed by atoms with Crippen molar-refractivity contribution in [2.75, 3.05) is 19.2 Å². The van der Waals surface area contributed by atoms with Crippen molar-refractivity contribution in [3.63, 3.8) is 0 Å². The van der Waals surface area contributed by atoms with Crippen LogP contribution in [0.25, 0.3) is 0 Å². The van der Waals surface area contributed by atoms with E-state index in [1.165, 1.54) is 16.7 Å². The van der Waals surface area contributed by atoms with Crippen LogP contribution in [0.5, 0.6) is 5.75 Å². The van der Waals surface area contributed by atoms with Gasteiger partial charge >= 0.3 is 11.9 Å². The predicted octanol–water partition coefficient (Wildman–Crippen LogP) is 1.92. The van der Waals surface area contributed by atoms with Gasteiger partial charge in [0.2, 0.25) is 12.7 Å². The highest BCUT2D eigenvalue weighted by atomic mass is 35.5. The first-order valence-corrected chi connectivity index (χ1v) is 11.8. The molecular formula is C22H27ClN2O7S. The predicted molar refractivity (Wildman–Crippen MR) is 122 cm³/mol. The molecule has 0 bridgehead atoms. The SMILES string of the molecule is CC(C)(C)C(=O)OCOC(=O)[C@@H]1N2C(=O)[C@@H](NC(=O)COc3ccccc3)[C@@H]2SC[C@@]1(C)Cl. The number of halogens is 1. The summed E-state index contributed by atoms with van der Waals surface area (Å²) in [7, 11) is 0. The Bertz CT molecular complexity index is 919. The van der Waals surface area contributed by atoms with Gasteiger partial charge < -0.3 is 24.4 Å². The molecule has 2 fully saturated rings. The van der Waals surface area contributed by atoms with E-state index in [4.69, 9.17) is 25.8 Å². The van der Waals surface area contributed by atoms with Crippen LogP contribution in [-0.2, 0) is 28.7 Å². The minimum Gasteiger partial charge on any atom is -0.484 e. The monoisotopic (exact) mass is 498 g/mol. The number of carbonyl (C=O) groups is 4. The summed E-state index contributed by atoms with van der Waals surface area (Å²) in [6.07, 6.45) is 0. The van der Waals surface area contributed by atoms with Crippen LogP contribution in [0.2, 0.25) is 0 Å². The topological polar surface area (TPSA) is 111 Å². The molecule has 4 atom stereocenters. The quantitative estimate of drug-likeness (QED) is 0.263. The van der Waals surface area contributed by atoms with Gasteiger partial charge in [0.25, 0.3) is 5.91 Å². The number of alkyl halides is 1. The zero-order valence-corrected chi connectivity index (χ0v) is 20.4. The van der Waals surface area contributed by atoms with E-state index in [1.54, 1.807) is 52.0 Å². The van der Waals surface area contributed by atoms with E-state index in [1.807, 2.05) is 6.07 Å². The Morgan fingerprint density at radius 1 is 1.21 bits per heavy atom. The normalized spacial score (nSPS) is 26.5.